The Kier molecular flexibility index (Phi) is 3.13. The Morgan fingerprint density at radius 2 is 1.72 bits per heavy atom. The predicted octanol–water partition coefficient (Wildman–Crippen LogP) is 3.73. The molecule has 1 saturated carbocycles. The van der Waals surface area contributed by atoms with E-state index in [0.717, 1.165) is 5.56 Å². The molecule has 0 bridgehead atoms. The molecule has 0 radical (unpaired) electrons. The van der Waals surface area contributed by atoms with Gasteiger partial charge in [-0.3, -0.25) is 4.79 Å². The molecule has 0 atom stereocenters. The smallest absolute Gasteiger partial charge is 0.316 e. The van der Waals surface area contributed by atoms with Gasteiger partial charge in [-0.05, 0) is 19.8 Å². The van der Waals surface area contributed by atoms with Crippen LogP contribution in [0, 0.1) is 12.3 Å². The van der Waals surface area contributed by atoms with Crippen molar-refractivity contribution in [1.29, 1.82) is 0 Å². The van der Waals surface area contributed by atoms with Gasteiger partial charge in [0, 0.05) is 5.56 Å². The molecular formula is C14H16F2O2. The van der Waals surface area contributed by atoms with Gasteiger partial charge in [-0.25, -0.2) is 8.78 Å². The number of hydrogen-bond donors (Lipinski definition) is 1. The lowest BCUT2D eigenvalue weighted by Gasteiger charge is -2.33. The molecule has 0 aliphatic heterocycles. The van der Waals surface area contributed by atoms with Gasteiger partial charge in [0.2, 0.25) is 0 Å². The number of carboxylic acid groups (broad SMARTS) is 1. The summed E-state index contributed by atoms with van der Waals surface area (Å²) in [7, 11) is 0. The topological polar surface area (TPSA) is 37.3 Å². The zero-order valence-corrected chi connectivity index (χ0v) is 10.2. The van der Waals surface area contributed by atoms with Crippen LogP contribution in [0.25, 0.3) is 0 Å². The van der Waals surface area contributed by atoms with Crippen molar-refractivity contribution in [3.63, 3.8) is 0 Å². The van der Waals surface area contributed by atoms with Crippen LogP contribution in [-0.4, -0.2) is 11.1 Å². The fourth-order valence-corrected chi connectivity index (χ4v) is 2.68. The zero-order chi connectivity index (χ0) is 13.4. The lowest BCUT2D eigenvalue weighted by molar-refractivity contribution is -0.181. The Balaban J connectivity index is 2.45. The summed E-state index contributed by atoms with van der Waals surface area (Å²) in [6, 6.07) is 5.85. The molecule has 18 heavy (non-hydrogen) atoms. The number of alkyl halides is 2. The van der Waals surface area contributed by atoms with Crippen molar-refractivity contribution in [3.05, 3.63) is 35.4 Å². The molecule has 0 amide bonds. The SMILES string of the molecule is Cc1ccc(C(F)(F)C2(C(=O)O)CCCC2)cc1. The minimum absolute atomic E-state index is 0.0449. The first-order valence-electron chi connectivity index (χ1n) is 6.08. The average molecular weight is 254 g/mol. The van der Waals surface area contributed by atoms with Crippen LogP contribution in [0.15, 0.2) is 24.3 Å². The van der Waals surface area contributed by atoms with E-state index in [-0.39, 0.29) is 18.4 Å². The van der Waals surface area contributed by atoms with Crippen LogP contribution in [0.4, 0.5) is 8.78 Å². The van der Waals surface area contributed by atoms with Gasteiger partial charge in [-0.15, -0.1) is 0 Å². The van der Waals surface area contributed by atoms with Crippen molar-refractivity contribution in [2.24, 2.45) is 5.41 Å². The van der Waals surface area contributed by atoms with Crippen LogP contribution in [0.2, 0.25) is 0 Å². The van der Waals surface area contributed by atoms with Gasteiger partial charge in [-0.1, -0.05) is 42.7 Å². The van der Waals surface area contributed by atoms with Gasteiger partial charge < -0.3 is 5.11 Å². The second kappa shape index (κ2) is 4.34. The third-order valence-corrected chi connectivity index (χ3v) is 3.88. The van der Waals surface area contributed by atoms with Crippen molar-refractivity contribution in [1.82, 2.24) is 0 Å². The Hall–Kier alpha value is -1.45. The molecule has 98 valence electrons. The summed E-state index contributed by atoms with van der Waals surface area (Å²) >= 11 is 0. The maximum Gasteiger partial charge on any atom is 0.316 e. The summed E-state index contributed by atoms with van der Waals surface area (Å²) in [6.45, 7) is 1.81. The number of hydrogen-bond acceptors (Lipinski definition) is 1. The van der Waals surface area contributed by atoms with Crippen LogP contribution in [0.1, 0.15) is 36.8 Å². The van der Waals surface area contributed by atoms with Crippen LogP contribution in [0.3, 0.4) is 0 Å². The normalized spacial score (nSPS) is 18.8. The summed E-state index contributed by atoms with van der Waals surface area (Å²) in [5, 5.41) is 9.24. The number of aryl methyl sites for hydroxylation is 1. The molecule has 2 rings (SSSR count). The largest absolute Gasteiger partial charge is 0.481 e. The number of carboxylic acids is 1. The molecule has 0 unspecified atom stereocenters. The molecule has 1 aliphatic carbocycles. The van der Waals surface area contributed by atoms with Crippen molar-refractivity contribution < 1.29 is 18.7 Å². The summed E-state index contributed by atoms with van der Waals surface area (Å²) in [6.07, 6.45) is 1.19. The predicted molar refractivity (Wildman–Crippen MR) is 63.6 cm³/mol. The van der Waals surface area contributed by atoms with Crippen LogP contribution < -0.4 is 0 Å². The number of rotatable bonds is 3. The average Bonchev–Trinajstić information content (AvgIpc) is 2.80. The summed E-state index contributed by atoms with van der Waals surface area (Å²) < 4.78 is 29.0. The summed E-state index contributed by atoms with van der Waals surface area (Å²) in [5.74, 6) is -4.70. The van der Waals surface area contributed by atoms with Crippen molar-refractivity contribution in [3.8, 4) is 0 Å². The van der Waals surface area contributed by atoms with E-state index in [0.29, 0.717) is 12.8 Å². The van der Waals surface area contributed by atoms with Crippen LogP contribution in [0.5, 0.6) is 0 Å². The summed E-state index contributed by atoms with van der Waals surface area (Å²) in [4.78, 5) is 11.3. The van der Waals surface area contributed by atoms with Gasteiger partial charge in [0.05, 0.1) is 0 Å². The summed E-state index contributed by atoms with van der Waals surface area (Å²) in [5.41, 5.74) is -1.25. The molecule has 0 heterocycles. The van der Waals surface area contributed by atoms with Crippen molar-refractivity contribution in [2.75, 3.05) is 0 Å². The van der Waals surface area contributed by atoms with E-state index in [2.05, 4.69) is 0 Å². The lowest BCUT2D eigenvalue weighted by Crippen LogP contribution is -2.43. The fraction of sp³-hybridized carbons (Fsp3) is 0.500. The van der Waals surface area contributed by atoms with E-state index >= 15 is 0 Å². The Morgan fingerprint density at radius 1 is 1.22 bits per heavy atom. The van der Waals surface area contributed by atoms with Crippen molar-refractivity contribution in [2.45, 2.75) is 38.5 Å². The number of benzene rings is 1. The lowest BCUT2D eigenvalue weighted by atomic mass is 9.76. The molecule has 1 aliphatic rings. The van der Waals surface area contributed by atoms with Gasteiger partial charge >= 0.3 is 5.97 Å². The molecule has 1 aromatic rings. The van der Waals surface area contributed by atoms with E-state index in [1.54, 1.807) is 12.1 Å². The zero-order valence-electron chi connectivity index (χ0n) is 10.2. The maximum absolute atomic E-state index is 14.5. The molecule has 1 aromatic carbocycles. The molecule has 4 heteroatoms. The van der Waals surface area contributed by atoms with E-state index in [9.17, 15) is 18.7 Å². The van der Waals surface area contributed by atoms with Gasteiger partial charge in [0.15, 0.2) is 0 Å². The van der Waals surface area contributed by atoms with E-state index in [1.165, 1.54) is 12.1 Å². The molecular weight excluding hydrogens is 238 g/mol. The number of aliphatic carboxylic acids is 1. The van der Waals surface area contributed by atoms with Gasteiger partial charge in [0.25, 0.3) is 5.92 Å². The second-order valence-corrected chi connectivity index (χ2v) is 5.03. The second-order valence-electron chi connectivity index (χ2n) is 5.03. The molecule has 2 nitrogen and oxygen atoms in total. The standard InChI is InChI=1S/C14H16F2O2/c1-10-4-6-11(7-5-10)14(15,16)13(12(17)18)8-2-3-9-13/h4-7H,2-3,8-9H2,1H3,(H,17,18). The third-order valence-electron chi connectivity index (χ3n) is 3.88. The highest BCUT2D eigenvalue weighted by Crippen LogP contribution is 2.54. The molecule has 0 aromatic heterocycles. The van der Waals surface area contributed by atoms with E-state index in [4.69, 9.17) is 0 Å². The van der Waals surface area contributed by atoms with E-state index < -0.39 is 17.3 Å². The Morgan fingerprint density at radius 3 is 2.17 bits per heavy atom. The molecule has 0 saturated heterocycles. The minimum Gasteiger partial charge on any atom is -0.481 e. The Labute approximate surface area is 105 Å². The first-order chi connectivity index (χ1) is 8.40. The first-order valence-corrected chi connectivity index (χ1v) is 6.08. The fourth-order valence-electron chi connectivity index (χ4n) is 2.68. The quantitative estimate of drug-likeness (QED) is 0.892. The van der Waals surface area contributed by atoms with Crippen molar-refractivity contribution >= 4 is 5.97 Å². The van der Waals surface area contributed by atoms with Gasteiger partial charge in [0.1, 0.15) is 5.41 Å². The monoisotopic (exact) mass is 254 g/mol. The Bertz CT molecular complexity index is 445. The molecule has 1 fully saturated rings. The highest BCUT2D eigenvalue weighted by Gasteiger charge is 2.61. The van der Waals surface area contributed by atoms with Crippen LogP contribution in [-0.2, 0) is 10.7 Å². The van der Waals surface area contributed by atoms with Gasteiger partial charge in [-0.2, -0.15) is 0 Å². The molecule has 1 N–H and O–H groups in total. The van der Waals surface area contributed by atoms with E-state index in [1.807, 2.05) is 6.92 Å². The third kappa shape index (κ3) is 1.80. The first kappa shape index (κ1) is 13.0. The highest BCUT2D eigenvalue weighted by atomic mass is 19.3. The van der Waals surface area contributed by atoms with Crippen LogP contribution >= 0.6 is 0 Å². The number of halogens is 2. The number of carbonyl (C=O) groups is 1. The maximum atomic E-state index is 14.5. The minimum atomic E-state index is -3.32. The highest BCUT2D eigenvalue weighted by molar-refractivity contribution is 5.77. The molecule has 0 spiro atoms.